The van der Waals surface area contributed by atoms with Crippen molar-refractivity contribution in [2.24, 2.45) is 0 Å². The van der Waals surface area contributed by atoms with E-state index in [1.807, 2.05) is 0 Å². The molecule has 16 rings (SSSR count). The largest absolute Gasteiger partial charge is 0.455 e. The molecule has 74 heavy (non-hydrogen) atoms. The molecule has 2 heterocycles. The first-order valence-electron chi connectivity index (χ1n) is 25.5. The fourth-order valence-electron chi connectivity index (χ4n) is 12.6. The molecular formula is C72H42O2. The van der Waals surface area contributed by atoms with Crippen molar-refractivity contribution < 1.29 is 8.83 Å². The molecule has 0 radical (unpaired) electrons. The van der Waals surface area contributed by atoms with Crippen molar-refractivity contribution in [3.63, 3.8) is 0 Å². The van der Waals surface area contributed by atoms with Crippen LogP contribution in [-0.4, -0.2) is 0 Å². The summed E-state index contributed by atoms with van der Waals surface area (Å²) in [6.45, 7) is 0. The van der Waals surface area contributed by atoms with Crippen LogP contribution in [0.2, 0.25) is 0 Å². The third-order valence-electron chi connectivity index (χ3n) is 15.9. The van der Waals surface area contributed by atoms with Gasteiger partial charge in [0.1, 0.15) is 22.3 Å². The maximum atomic E-state index is 7.01. The van der Waals surface area contributed by atoms with Crippen LogP contribution in [0, 0.1) is 0 Å². The van der Waals surface area contributed by atoms with E-state index in [-0.39, 0.29) is 0 Å². The van der Waals surface area contributed by atoms with Crippen molar-refractivity contribution in [3.8, 4) is 55.6 Å². The summed E-state index contributed by atoms with van der Waals surface area (Å²) in [5.41, 5.74) is 15.1. The lowest BCUT2D eigenvalue weighted by atomic mass is 9.81. The van der Waals surface area contributed by atoms with E-state index in [9.17, 15) is 0 Å². The number of fused-ring (bicyclic) bond motifs is 14. The number of para-hydroxylation sites is 2. The van der Waals surface area contributed by atoms with Gasteiger partial charge in [-0.1, -0.05) is 231 Å². The smallest absolute Gasteiger partial charge is 0.143 e. The lowest BCUT2D eigenvalue weighted by molar-refractivity contribution is 0.670. The van der Waals surface area contributed by atoms with Crippen LogP contribution in [-0.2, 0) is 0 Å². The molecule has 0 fully saturated rings. The number of rotatable bonds is 5. The van der Waals surface area contributed by atoms with Crippen molar-refractivity contribution >= 4 is 109 Å². The highest BCUT2D eigenvalue weighted by Crippen LogP contribution is 2.51. The molecule has 342 valence electrons. The van der Waals surface area contributed by atoms with Gasteiger partial charge in [-0.3, -0.25) is 0 Å². The van der Waals surface area contributed by atoms with Gasteiger partial charge >= 0.3 is 0 Å². The molecule has 0 aliphatic rings. The van der Waals surface area contributed by atoms with Crippen LogP contribution in [0.1, 0.15) is 0 Å². The second-order valence-electron chi connectivity index (χ2n) is 19.7. The second kappa shape index (κ2) is 15.9. The fourth-order valence-corrected chi connectivity index (χ4v) is 12.6. The minimum Gasteiger partial charge on any atom is -0.455 e. The van der Waals surface area contributed by atoms with Gasteiger partial charge < -0.3 is 8.83 Å². The second-order valence-corrected chi connectivity index (χ2v) is 19.7. The average Bonchev–Trinajstić information content (AvgIpc) is 4.06. The molecule has 0 atom stereocenters. The molecule has 0 saturated heterocycles. The van der Waals surface area contributed by atoms with Gasteiger partial charge in [-0.25, -0.2) is 0 Å². The number of hydrogen-bond donors (Lipinski definition) is 0. The van der Waals surface area contributed by atoms with Crippen molar-refractivity contribution in [1.29, 1.82) is 0 Å². The number of hydrogen-bond acceptors (Lipinski definition) is 2. The lowest BCUT2D eigenvalue weighted by Gasteiger charge is -2.22. The monoisotopic (exact) mass is 938 g/mol. The van der Waals surface area contributed by atoms with Crippen LogP contribution in [0.15, 0.2) is 264 Å². The zero-order chi connectivity index (χ0) is 48.4. The Kier molecular flexibility index (Phi) is 8.78. The van der Waals surface area contributed by atoms with E-state index in [1.165, 1.54) is 87.2 Å². The summed E-state index contributed by atoms with van der Waals surface area (Å²) < 4.78 is 14.0. The first-order valence-corrected chi connectivity index (χ1v) is 25.5. The van der Waals surface area contributed by atoms with Gasteiger partial charge in [0.05, 0.1) is 0 Å². The maximum Gasteiger partial charge on any atom is 0.143 e. The van der Waals surface area contributed by atoms with E-state index in [1.54, 1.807) is 0 Å². The van der Waals surface area contributed by atoms with Gasteiger partial charge in [-0.05, 0) is 133 Å². The standard InChI is InChI=1S/C72H42O2/c1-3-17-43(18-4-1)47-25-11-29-53-61(47)41-62-48(44-19-5-2-6-20-44)26-12-30-54(62)69(53)70-55-31-13-27-51(57-33-15-35-59-67-49-23-9-7-21-45(49)37-39-65(67)73-71(57)59)63(55)42-64-52(28-14-32-56(64)70)58-34-16-36-60-68-50-24-10-8-22-46(50)38-40-66(68)74-72(58)60/h1-42H. The summed E-state index contributed by atoms with van der Waals surface area (Å²) in [6, 6.07) is 93.2. The first kappa shape index (κ1) is 40.9. The summed E-state index contributed by atoms with van der Waals surface area (Å²) in [5.74, 6) is 0. The third-order valence-corrected chi connectivity index (χ3v) is 15.9. The average molecular weight is 939 g/mol. The van der Waals surface area contributed by atoms with E-state index in [0.717, 1.165) is 76.9 Å². The van der Waals surface area contributed by atoms with Crippen molar-refractivity contribution in [2.75, 3.05) is 0 Å². The zero-order valence-corrected chi connectivity index (χ0v) is 40.1. The minimum atomic E-state index is 0.885. The molecule has 2 heteroatoms. The molecule has 14 aromatic carbocycles. The van der Waals surface area contributed by atoms with E-state index < -0.39 is 0 Å². The Morgan fingerprint density at radius 1 is 0.203 bits per heavy atom. The van der Waals surface area contributed by atoms with Crippen LogP contribution in [0.25, 0.3) is 164 Å². The number of benzene rings is 14. The zero-order valence-electron chi connectivity index (χ0n) is 40.1. The van der Waals surface area contributed by atoms with Gasteiger partial charge in [0, 0.05) is 32.7 Å². The Hall–Kier alpha value is -9.76. The van der Waals surface area contributed by atoms with Gasteiger partial charge in [0.25, 0.3) is 0 Å². The van der Waals surface area contributed by atoms with Crippen LogP contribution in [0.5, 0.6) is 0 Å². The summed E-state index contributed by atoms with van der Waals surface area (Å²) in [5, 5.41) is 18.7. The highest BCUT2D eigenvalue weighted by molar-refractivity contribution is 6.30. The van der Waals surface area contributed by atoms with Crippen LogP contribution < -0.4 is 0 Å². The third kappa shape index (κ3) is 5.94. The molecule has 0 aliphatic carbocycles. The maximum absolute atomic E-state index is 7.01. The van der Waals surface area contributed by atoms with Gasteiger partial charge in [-0.15, -0.1) is 0 Å². The number of furan rings is 2. The van der Waals surface area contributed by atoms with Crippen molar-refractivity contribution in [2.45, 2.75) is 0 Å². The quantitative estimate of drug-likeness (QED) is 0.161. The molecule has 2 nitrogen and oxygen atoms in total. The lowest BCUT2D eigenvalue weighted by Crippen LogP contribution is -1.94. The molecule has 0 spiro atoms. The summed E-state index contributed by atoms with van der Waals surface area (Å²) in [6.07, 6.45) is 0. The summed E-state index contributed by atoms with van der Waals surface area (Å²) in [4.78, 5) is 0. The van der Waals surface area contributed by atoms with E-state index in [0.29, 0.717) is 0 Å². The Morgan fingerprint density at radius 3 is 0.946 bits per heavy atom. The summed E-state index contributed by atoms with van der Waals surface area (Å²) >= 11 is 0. The van der Waals surface area contributed by atoms with E-state index in [2.05, 4.69) is 255 Å². The van der Waals surface area contributed by atoms with Crippen LogP contribution in [0.4, 0.5) is 0 Å². The Labute approximate surface area is 425 Å². The van der Waals surface area contributed by atoms with E-state index >= 15 is 0 Å². The minimum absolute atomic E-state index is 0.885. The first-order chi connectivity index (χ1) is 36.7. The summed E-state index contributed by atoms with van der Waals surface area (Å²) in [7, 11) is 0. The molecule has 0 aliphatic heterocycles. The molecule has 0 bridgehead atoms. The molecule has 0 unspecified atom stereocenters. The topological polar surface area (TPSA) is 26.3 Å². The Bertz CT molecular complexity index is 4690. The van der Waals surface area contributed by atoms with Gasteiger partial charge in [-0.2, -0.15) is 0 Å². The SMILES string of the molecule is c1ccc(-c2cccc3c(-c4c5cccc(-c6cccc7c6oc6ccc8ccccc8c67)c5cc5c(-c6cccc7c6oc6ccc8ccccc8c67)cccc45)c4cccc(-c5ccccc5)c4cc23)cc1. The normalized spacial score (nSPS) is 12.1. The van der Waals surface area contributed by atoms with Crippen LogP contribution >= 0.6 is 0 Å². The van der Waals surface area contributed by atoms with Gasteiger partial charge in [0.15, 0.2) is 0 Å². The Morgan fingerprint density at radius 2 is 0.527 bits per heavy atom. The molecule has 0 amide bonds. The molecule has 16 aromatic rings. The van der Waals surface area contributed by atoms with Crippen LogP contribution in [0.3, 0.4) is 0 Å². The molecule has 0 saturated carbocycles. The Balaban J connectivity index is 1.08. The van der Waals surface area contributed by atoms with E-state index in [4.69, 9.17) is 8.83 Å². The fraction of sp³-hybridized carbons (Fsp3) is 0. The highest BCUT2D eigenvalue weighted by Gasteiger charge is 2.24. The molecule has 2 aromatic heterocycles. The predicted octanol–water partition coefficient (Wildman–Crippen LogP) is 20.7. The highest BCUT2D eigenvalue weighted by atomic mass is 16.3. The van der Waals surface area contributed by atoms with Crippen molar-refractivity contribution in [3.05, 3.63) is 255 Å². The molecular weight excluding hydrogens is 897 g/mol. The molecule has 0 N–H and O–H groups in total. The van der Waals surface area contributed by atoms with Gasteiger partial charge in [0.2, 0.25) is 0 Å². The predicted molar refractivity (Wildman–Crippen MR) is 313 cm³/mol. The van der Waals surface area contributed by atoms with Crippen molar-refractivity contribution in [1.82, 2.24) is 0 Å².